The highest BCUT2D eigenvalue weighted by atomic mass is 16.5. The van der Waals surface area contributed by atoms with E-state index in [4.69, 9.17) is 8.94 Å². The van der Waals surface area contributed by atoms with Crippen LogP contribution in [-0.4, -0.2) is 5.16 Å². The van der Waals surface area contributed by atoms with E-state index < -0.39 is 0 Å². The molecule has 14 heavy (non-hydrogen) atoms. The van der Waals surface area contributed by atoms with E-state index in [2.05, 4.69) is 5.16 Å². The van der Waals surface area contributed by atoms with E-state index in [0.29, 0.717) is 11.5 Å². The van der Waals surface area contributed by atoms with Crippen LogP contribution in [0.4, 0.5) is 0 Å². The van der Waals surface area contributed by atoms with E-state index in [1.807, 2.05) is 36.4 Å². The molecule has 0 saturated carbocycles. The molecule has 0 fully saturated rings. The number of hydrogen-bond donors (Lipinski definition) is 0. The third-order valence-electron chi connectivity index (χ3n) is 2.13. The van der Waals surface area contributed by atoms with Crippen LogP contribution in [0.5, 0.6) is 0 Å². The van der Waals surface area contributed by atoms with Gasteiger partial charge in [-0.1, -0.05) is 17.3 Å². The molecule has 3 heteroatoms. The lowest BCUT2D eigenvalue weighted by atomic mass is 10.2. The zero-order valence-corrected chi connectivity index (χ0v) is 7.31. The summed E-state index contributed by atoms with van der Waals surface area (Å²) in [6.45, 7) is 0. The third kappa shape index (κ3) is 0.956. The fraction of sp³-hybridized carbons (Fsp3) is 0. The van der Waals surface area contributed by atoms with Gasteiger partial charge in [0.2, 0.25) is 5.76 Å². The van der Waals surface area contributed by atoms with Gasteiger partial charge in [-0.05, 0) is 24.3 Å². The Bertz CT molecular complexity index is 551. The van der Waals surface area contributed by atoms with Crippen LogP contribution in [0.15, 0.2) is 51.6 Å². The number of aromatic nitrogens is 1. The number of hydrogen-bond acceptors (Lipinski definition) is 3. The molecule has 3 aromatic rings. The van der Waals surface area contributed by atoms with Crippen LogP contribution in [0.2, 0.25) is 0 Å². The SMILES string of the molecule is c1coc(-c2onc3ccccc23)c1. The summed E-state index contributed by atoms with van der Waals surface area (Å²) in [5, 5.41) is 4.91. The van der Waals surface area contributed by atoms with Crippen molar-refractivity contribution in [1.82, 2.24) is 5.16 Å². The van der Waals surface area contributed by atoms with Gasteiger partial charge in [0.15, 0.2) is 5.76 Å². The molecular weight excluding hydrogens is 178 g/mol. The molecule has 0 unspecified atom stereocenters. The Hall–Kier alpha value is -2.03. The fourth-order valence-electron chi connectivity index (χ4n) is 1.47. The van der Waals surface area contributed by atoms with Crippen molar-refractivity contribution in [1.29, 1.82) is 0 Å². The van der Waals surface area contributed by atoms with Crippen LogP contribution >= 0.6 is 0 Å². The molecule has 0 atom stereocenters. The first-order valence-electron chi connectivity index (χ1n) is 4.33. The summed E-state index contributed by atoms with van der Waals surface area (Å²) in [6.07, 6.45) is 1.62. The predicted octanol–water partition coefficient (Wildman–Crippen LogP) is 3.09. The molecule has 0 aliphatic carbocycles. The molecule has 0 amide bonds. The summed E-state index contributed by atoms with van der Waals surface area (Å²) in [4.78, 5) is 0. The zero-order valence-electron chi connectivity index (χ0n) is 7.31. The maximum atomic E-state index is 5.25. The van der Waals surface area contributed by atoms with Crippen molar-refractivity contribution in [3.8, 4) is 11.5 Å². The van der Waals surface area contributed by atoms with Gasteiger partial charge in [-0.25, -0.2) is 0 Å². The zero-order chi connectivity index (χ0) is 9.38. The number of benzene rings is 1. The average Bonchev–Trinajstić information content (AvgIpc) is 2.85. The lowest BCUT2D eigenvalue weighted by Crippen LogP contribution is -1.68. The van der Waals surface area contributed by atoms with Crippen LogP contribution < -0.4 is 0 Å². The first kappa shape index (κ1) is 7.38. The van der Waals surface area contributed by atoms with Crippen LogP contribution in [0.3, 0.4) is 0 Å². The van der Waals surface area contributed by atoms with Crippen LogP contribution in [0, 0.1) is 0 Å². The van der Waals surface area contributed by atoms with Crippen molar-refractivity contribution >= 4 is 10.9 Å². The van der Waals surface area contributed by atoms with E-state index >= 15 is 0 Å². The molecule has 0 N–H and O–H groups in total. The standard InChI is InChI=1S/C11H7NO2/c1-2-5-9-8(4-1)11(14-12-9)10-6-3-7-13-10/h1-7H. The lowest BCUT2D eigenvalue weighted by molar-refractivity contribution is 0.425. The number of nitrogens with zero attached hydrogens (tertiary/aromatic N) is 1. The number of fused-ring (bicyclic) bond motifs is 1. The highest BCUT2D eigenvalue weighted by molar-refractivity contribution is 5.89. The predicted molar refractivity (Wildman–Crippen MR) is 51.7 cm³/mol. The molecule has 3 nitrogen and oxygen atoms in total. The molecule has 2 heterocycles. The molecular formula is C11H7NO2. The minimum absolute atomic E-state index is 0.686. The molecule has 0 aliphatic heterocycles. The Morgan fingerprint density at radius 3 is 2.79 bits per heavy atom. The van der Waals surface area contributed by atoms with Crippen LogP contribution in [0.25, 0.3) is 22.4 Å². The normalized spacial score (nSPS) is 10.9. The van der Waals surface area contributed by atoms with Crippen molar-refractivity contribution in [2.24, 2.45) is 0 Å². The van der Waals surface area contributed by atoms with Crippen LogP contribution in [0.1, 0.15) is 0 Å². The number of rotatable bonds is 1. The van der Waals surface area contributed by atoms with Gasteiger partial charge in [0, 0.05) is 0 Å². The second kappa shape index (κ2) is 2.73. The average molecular weight is 185 g/mol. The summed E-state index contributed by atoms with van der Waals surface area (Å²) in [6, 6.07) is 11.4. The van der Waals surface area contributed by atoms with Crippen molar-refractivity contribution in [3.05, 3.63) is 42.7 Å². The molecule has 0 aliphatic rings. The summed E-state index contributed by atoms with van der Waals surface area (Å²) in [5.41, 5.74) is 0.846. The summed E-state index contributed by atoms with van der Waals surface area (Å²) in [7, 11) is 0. The van der Waals surface area contributed by atoms with Crippen molar-refractivity contribution < 1.29 is 8.94 Å². The summed E-state index contributed by atoms with van der Waals surface area (Å²) in [5.74, 6) is 1.39. The summed E-state index contributed by atoms with van der Waals surface area (Å²) >= 11 is 0. The summed E-state index contributed by atoms with van der Waals surface area (Å²) < 4.78 is 10.5. The molecule has 0 spiro atoms. The van der Waals surface area contributed by atoms with Crippen molar-refractivity contribution in [2.45, 2.75) is 0 Å². The second-order valence-corrected chi connectivity index (χ2v) is 3.01. The van der Waals surface area contributed by atoms with Gasteiger partial charge in [0.1, 0.15) is 5.52 Å². The molecule has 1 aromatic carbocycles. The topological polar surface area (TPSA) is 39.2 Å². The van der Waals surface area contributed by atoms with Crippen molar-refractivity contribution in [2.75, 3.05) is 0 Å². The van der Waals surface area contributed by atoms with Gasteiger partial charge in [-0.3, -0.25) is 0 Å². The van der Waals surface area contributed by atoms with E-state index in [1.54, 1.807) is 6.26 Å². The first-order valence-corrected chi connectivity index (χ1v) is 4.33. The Morgan fingerprint density at radius 1 is 1.00 bits per heavy atom. The second-order valence-electron chi connectivity index (χ2n) is 3.01. The Kier molecular flexibility index (Phi) is 1.44. The van der Waals surface area contributed by atoms with E-state index in [1.165, 1.54) is 0 Å². The highest BCUT2D eigenvalue weighted by Gasteiger charge is 2.11. The minimum atomic E-state index is 0.686. The molecule has 0 saturated heterocycles. The largest absolute Gasteiger partial charge is 0.461 e. The van der Waals surface area contributed by atoms with Crippen molar-refractivity contribution in [3.63, 3.8) is 0 Å². The fourth-order valence-corrected chi connectivity index (χ4v) is 1.47. The van der Waals surface area contributed by atoms with Gasteiger partial charge in [0.05, 0.1) is 11.6 Å². The lowest BCUT2D eigenvalue weighted by Gasteiger charge is -1.88. The van der Waals surface area contributed by atoms with Gasteiger partial charge < -0.3 is 8.94 Å². The molecule has 0 radical (unpaired) electrons. The molecule has 0 bridgehead atoms. The first-order chi connectivity index (χ1) is 6.95. The van der Waals surface area contributed by atoms with E-state index in [0.717, 1.165) is 10.9 Å². The van der Waals surface area contributed by atoms with E-state index in [9.17, 15) is 0 Å². The Labute approximate surface area is 79.9 Å². The van der Waals surface area contributed by atoms with Gasteiger partial charge in [0.25, 0.3) is 0 Å². The van der Waals surface area contributed by atoms with Gasteiger partial charge in [-0.15, -0.1) is 0 Å². The molecule has 2 aromatic heterocycles. The molecule has 68 valence electrons. The monoisotopic (exact) mass is 185 g/mol. The van der Waals surface area contributed by atoms with Gasteiger partial charge >= 0.3 is 0 Å². The quantitative estimate of drug-likeness (QED) is 0.584. The highest BCUT2D eigenvalue weighted by Crippen LogP contribution is 2.28. The number of furan rings is 1. The Morgan fingerprint density at radius 2 is 1.93 bits per heavy atom. The maximum absolute atomic E-state index is 5.25. The molecule has 3 rings (SSSR count). The smallest absolute Gasteiger partial charge is 0.209 e. The Balaban J connectivity index is 2.33. The van der Waals surface area contributed by atoms with Gasteiger partial charge in [-0.2, -0.15) is 0 Å². The maximum Gasteiger partial charge on any atom is 0.209 e. The van der Waals surface area contributed by atoms with Crippen LogP contribution in [-0.2, 0) is 0 Å². The van der Waals surface area contributed by atoms with E-state index in [-0.39, 0.29) is 0 Å². The minimum Gasteiger partial charge on any atom is -0.461 e. The third-order valence-corrected chi connectivity index (χ3v) is 2.13.